The van der Waals surface area contributed by atoms with Crippen molar-refractivity contribution in [1.82, 2.24) is 0 Å². The zero-order valence-corrected chi connectivity index (χ0v) is 19.6. The molecule has 0 spiro atoms. The van der Waals surface area contributed by atoms with Gasteiger partial charge in [-0.2, -0.15) is 0 Å². The summed E-state index contributed by atoms with van der Waals surface area (Å²) in [6.07, 6.45) is 5.81. The molecule has 3 rings (SSSR count). The Balaban J connectivity index is 2.16. The van der Waals surface area contributed by atoms with E-state index in [1.165, 1.54) is 12.2 Å². The predicted molar refractivity (Wildman–Crippen MR) is 130 cm³/mol. The van der Waals surface area contributed by atoms with Crippen molar-refractivity contribution in [3.63, 3.8) is 0 Å². The topological polar surface area (TPSA) is 55.8 Å². The van der Waals surface area contributed by atoms with Crippen molar-refractivity contribution in [3.05, 3.63) is 94.9 Å². The zero-order chi connectivity index (χ0) is 24.2. The highest BCUT2D eigenvalue weighted by atomic mass is 19.1. The molecular formula is C28H29FO4. The van der Waals surface area contributed by atoms with Crippen LogP contribution in [-0.2, 0) is 4.79 Å². The van der Waals surface area contributed by atoms with Crippen molar-refractivity contribution in [2.45, 2.75) is 40.2 Å². The van der Waals surface area contributed by atoms with E-state index in [9.17, 15) is 4.79 Å². The van der Waals surface area contributed by atoms with Gasteiger partial charge < -0.3 is 14.6 Å². The summed E-state index contributed by atoms with van der Waals surface area (Å²) in [5.41, 5.74) is 3.83. The number of carboxylic acid groups (broad SMARTS) is 1. The summed E-state index contributed by atoms with van der Waals surface area (Å²) in [6.45, 7) is 9.57. The van der Waals surface area contributed by atoms with E-state index >= 15 is 4.39 Å². The van der Waals surface area contributed by atoms with E-state index in [-0.39, 0.29) is 0 Å². The fourth-order valence-electron chi connectivity index (χ4n) is 3.72. The van der Waals surface area contributed by atoms with Gasteiger partial charge in [-0.15, -0.1) is 0 Å². The molecule has 0 aliphatic carbocycles. The number of ether oxygens (including phenoxy) is 2. The van der Waals surface area contributed by atoms with Crippen LogP contribution >= 0.6 is 0 Å². The summed E-state index contributed by atoms with van der Waals surface area (Å²) in [4.78, 5) is 10.8. The Hall–Kier alpha value is -3.60. The zero-order valence-electron chi connectivity index (χ0n) is 19.6. The van der Waals surface area contributed by atoms with Gasteiger partial charge in [0.15, 0.2) is 0 Å². The van der Waals surface area contributed by atoms with Crippen LogP contribution in [0.4, 0.5) is 4.39 Å². The van der Waals surface area contributed by atoms with Gasteiger partial charge in [0.1, 0.15) is 22.9 Å². The standard InChI is InChI=1S/C28H29FO4/c1-6-32-25-16-26-22(23(17-28(4,5)33-26)20-10-8-7-9-11-20)15-21(25)19(3)24(29)13-12-18(2)14-27(30)31/h7-17H,6H2,1-5H3,(H,30,31). The Morgan fingerprint density at radius 3 is 2.48 bits per heavy atom. The van der Waals surface area contributed by atoms with Crippen LogP contribution in [-0.4, -0.2) is 23.3 Å². The summed E-state index contributed by atoms with van der Waals surface area (Å²) >= 11 is 0. The molecule has 0 fully saturated rings. The van der Waals surface area contributed by atoms with Crippen LogP contribution in [0.2, 0.25) is 0 Å². The number of aliphatic carboxylic acids is 1. The Labute approximate surface area is 194 Å². The first-order chi connectivity index (χ1) is 15.6. The van der Waals surface area contributed by atoms with Crippen LogP contribution in [0.3, 0.4) is 0 Å². The number of rotatable bonds is 7. The molecule has 0 aromatic heterocycles. The smallest absolute Gasteiger partial charge is 0.328 e. The molecule has 1 heterocycles. The summed E-state index contributed by atoms with van der Waals surface area (Å²) in [5.74, 6) is -0.344. The maximum atomic E-state index is 15.1. The monoisotopic (exact) mass is 448 g/mol. The number of hydrogen-bond donors (Lipinski definition) is 1. The molecule has 0 saturated heterocycles. The van der Waals surface area contributed by atoms with E-state index in [1.807, 2.05) is 63.2 Å². The first-order valence-electron chi connectivity index (χ1n) is 10.9. The van der Waals surface area contributed by atoms with Gasteiger partial charge in [-0.05, 0) is 75.1 Å². The summed E-state index contributed by atoms with van der Waals surface area (Å²) in [7, 11) is 0. The summed E-state index contributed by atoms with van der Waals surface area (Å²) in [6, 6.07) is 13.7. The molecule has 0 saturated carbocycles. The minimum absolute atomic E-state index is 0.387. The van der Waals surface area contributed by atoms with Gasteiger partial charge in [-0.25, -0.2) is 9.18 Å². The molecule has 0 radical (unpaired) electrons. The van der Waals surface area contributed by atoms with Crippen molar-refractivity contribution in [2.75, 3.05) is 6.61 Å². The maximum absolute atomic E-state index is 15.1. The van der Waals surface area contributed by atoms with Crippen LogP contribution in [0.25, 0.3) is 11.1 Å². The van der Waals surface area contributed by atoms with Crippen molar-refractivity contribution >= 4 is 17.1 Å². The lowest BCUT2D eigenvalue weighted by Crippen LogP contribution is -2.29. The van der Waals surface area contributed by atoms with Crippen molar-refractivity contribution in [1.29, 1.82) is 0 Å². The minimum Gasteiger partial charge on any atom is -0.493 e. The van der Waals surface area contributed by atoms with Gasteiger partial charge in [-0.3, -0.25) is 0 Å². The molecule has 4 nitrogen and oxygen atoms in total. The van der Waals surface area contributed by atoms with E-state index in [0.29, 0.717) is 34.8 Å². The fourth-order valence-corrected chi connectivity index (χ4v) is 3.72. The lowest BCUT2D eigenvalue weighted by Gasteiger charge is -2.32. The normalized spacial score (nSPS) is 15.9. The fraction of sp³-hybridized carbons (Fsp3) is 0.250. The molecule has 2 aromatic rings. The average Bonchev–Trinajstić information content (AvgIpc) is 2.76. The van der Waals surface area contributed by atoms with Crippen LogP contribution in [0.5, 0.6) is 11.5 Å². The molecule has 0 amide bonds. The number of benzene rings is 2. The highest BCUT2D eigenvalue weighted by molar-refractivity contribution is 5.88. The minimum atomic E-state index is -1.07. The van der Waals surface area contributed by atoms with E-state index in [4.69, 9.17) is 14.6 Å². The Morgan fingerprint density at radius 1 is 1.15 bits per heavy atom. The van der Waals surface area contributed by atoms with Gasteiger partial charge >= 0.3 is 5.97 Å². The van der Waals surface area contributed by atoms with Gasteiger partial charge in [0.05, 0.1) is 6.61 Å². The molecule has 0 unspecified atom stereocenters. The lowest BCUT2D eigenvalue weighted by atomic mass is 9.88. The molecule has 1 aliphatic heterocycles. The third-order valence-corrected chi connectivity index (χ3v) is 5.23. The maximum Gasteiger partial charge on any atom is 0.328 e. The second-order valence-corrected chi connectivity index (χ2v) is 8.44. The SMILES string of the molecule is CCOc1cc2c(cc1C(C)=C(F)C=CC(C)=CC(=O)O)C(c1ccccc1)=CC(C)(C)O2. The number of carboxylic acids is 1. The van der Waals surface area contributed by atoms with Crippen molar-refractivity contribution < 1.29 is 23.8 Å². The Morgan fingerprint density at radius 2 is 1.85 bits per heavy atom. The molecule has 33 heavy (non-hydrogen) atoms. The van der Waals surface area contributed by atoms with Gasteiger partial charge in [-0.1, -0.05) is 36.4 Å². The van der Waals surface area contributed by atoms with Crippen LogP contribution < -0.4 is 9.47 Å². The van der Waals surface area contributed by atoms with Gasteiger partial charge in [0.25, 0.3) is 0 Å². The highest BCUT2D eigenvalue weighted by Crippen LogP contribution is 2.44. The Bertz CT molecular complexity index is 1170. The van der Waals surface area contributed by atoms with Crippen LogP contribution in [0.15, 0.2) is 78.2 Å². The molecule has 0 bridgehead atoms. The average molecular weight is 449 g/mol. The number of allylic oxidation sites excluding steroid dienone is 5. The molecular weight excluding hydrogens is 419 g/mol. The number of fused-ring (bicyclic) bond motifs is 1. The number of carbonyl (C=O) groups is 1. The molecule has 1 N–H and O–H groups in total. The Kier molecular flexibility index (Phi) is 7.22. The van der Waals surface area contributed by atoms with Crippen LogP contribution in [0.1, 0.15) is 51.3 Å². The highest BCUT2D eigenvalue weighted by Gasteiger charge is 2.29. The first-order valence-corrected chi connectivity index (χ1v) is 10.9. The van der Waals surface area contributed by atoms with E-state index in [0.717, 1.165) is 22.8 Å². The molecule has 0 atom stereocenters. The van der Waals surface area contributed by atoms with Crippen molar-refractivity contribution in [2.24, 2.45) is 0 Å². The van der Waals surface area contributed by atoms with Crippen LogP contribution in [0, 0.1) is 0 Å². The van der Waals surface area contributed by atoms with E-state index < -0.39 is 17.4 Å². The molecule has 5 heteroatoms. The largest absolute Gasteiger partial charge is 0.493 e. The van der Waals surface area contributed by atoms with Gasteiger partial charge in [0.2, 0.25) is 0 Å². The second kappa shape index (κ2) is 9.90. The summed E-state index contributed by atoms with van der Waals surface area (Å²) < 4.78 is 27.2. The third kappa shape index (κ3) is 5.80. The molecule has 1 aliphatic rings. The molecule has 172 valence electrons. The van der Waals surface area contributed by atoms with Crippen molar-refractivity contribution in [3.8, 4) is 11.5 Å². The lowest BCUT2D eigenvalue weighted by molar-refractivity contribution is -0.131. The third-order valence-electron chi connectivity index (χ3n) is 5.23. The predicted octanol–water partition coefficient (Wildman–Crippen LogP) is 6.98. The second-order valence-electron chi connectivity index (χ2n) is 8.44. The number of halogens is 1. The quantitative estimate of drug-likeness (QED) is 0.367. The first kappa shape index (κ1) is 24.1. The number of hydrogen-bond acceptors (Lipinski definition) is 3. The van der Waals surface area contributed by atoms with Gasteiger partial charge in [0, 0.05) is 23.3 Å². The van der Waals surface area contributed by atoms with E-state index in [1.54, 1.807) is 13.8 Å². The summed E-state index contributed by atoms with van der Waals surface area (Å²) in [5, 5.41) is 8.85. The van der Waals surface area contributed by atoms with E-state index in [2.05, 4.69) is 6.08 Å². The molecule has 2 aromatic carbocycles.